The molecular weight excluding hydrogens is 256 g/mol. The molecule has 0 atom stereocenters. The van der Waals surface area contributed by atoms with Crippen LogP contribution < -0.4 is 0 Å². The summed E-state index contributed by atoms with van der Waals surface area (Å²) in [4.78, 5) is 27.1. The van der Waals surface area contributed by atoms with Gasteiger partial charge in [0, 0.05) is 26.1 Å². The lowest BCUT2D eigenvalue weighted by atomic mass is 10.2. The number of hydrogen-bond acceptors (Lipinski definition) is 4. The zero-order valence-corrected chi connectivity index (χ0v) is 13.1. The molecule has 0 aromatic heterocycles. The van der Waals surface area contributed by atoms with Crippen molar-refractivity contribution in [1.29, 1.82) is 0 Å². The van der Waals surface area contributed by atoms with Crippen molar-refractivity contribution in [3.05, 3.63) is 12.7 Å². The molecule has 0 radical (unpaired) electrons. The highest BCUT2D eigenvalue weighted by atomic mass is 16.5. The van der Waals surface area contributed by atoms with Crippen LogP contribution in [0.1, 0.15) is 33.6 Å². The van der Waals surface area contributed by atoms with Crippen molar-refractivity contribution in [1.82, 2.24) is 9.80 Å². The predicted molar refractivity (Wildman–Crippen MR) is 80.4 cm³/mol. The average Bonchev–Trinajstić information content (AvgIpc) is 2.40. The molecule has 0 aliphatic heterocycles. The number of hydrogen-bond donors (Lipinski definition) is 0. The van der Waals surface area contributed by atoms with Crippen LogP contribution in [0.5, 0.6) is 0 Å². The molecule has 0 aromatic carbocycles. The van der Waals surface area contributed by atoms with Gasteiger partial charge in [-0.2, -0.15) is 0 Å². The summed E-state index contributed by atoms with van der Waals surface area (Å²) in [5.74, 6) is -0.0610. The second kappa shape index (κ2) is 11.5. The molecule has 5 heteroatoms. The van der Waals surface area contributed by atoms with E-state index in [9.17, 15) is 9.59 Å². The maximum atomic E-state index is 11.9. The topological polar surface area (TPSA) is 49.9 Å². The summed E-state index contributed by atoms with van der Waals surface area (Å²) in [5, 5.41) is 0. The lowest BCUT2D eigenvalue weighted by Gasteiger charge is -2.21. The van der Waals surface area contributed by atoms with Crippen LogP contribution in [0.3, 0.4) is 0 Å². The minimum absolute atomic E-state index is 0.171. The van der Waals surface area contributed by atoms with Crippen molar-refractivity contribution in [3.8, 4) is 0 Å². The van der Waals surface area contributed by atoms with E-state index >= 15 is 0 Å². The SMILES string of the molecule is C=CCN(CCCC(=O)N(CC)CC)CC(=O)OCC. The molecule has 0 saturated heterocycles. The molecule has 116 valence electrons. The lowest BCUT2D eigenvalue weighted by molar-refractivity contribution is -0.144. The van der Waals surface area contributed by atoms with E-state index in [1.807, 2.05) is 23.6 Å². The maximum absolute atomic E-state index is 11.9. The molecule has 20 heavy (non-hydrogen) atoms. The number of carbonyl (C=O) groups excluding carboxylic acids is 2. The molecular formula is C15H28N2O3. The molecule has 0 heterocycles. The summed E-state index contributed by atoms with van der Waals surface area (Å²) in [6, 6.07) is 0. The molecule has 0 aromatic rings. The lowest BCUT2D eigenvalue weighted by Crippen LogP contribution is -2.34. The monoisotopic (exact) mass is 284 g/mol. The predicted octanol–water partition coefficient (Wildman–Crippen LogP) is 1.69. The van der Waals surface area contributed by atoms with E-state index in [2.05, 4.69) is 6.58 Å². The van der Waals surface area contributed by atoms with E-state index in [1.165, 1.54) is 0 Å². The van der Waals surface area contributed by atoms with E-state index in [4.69, 9.17) is 4.74 Å². The summed E-state index contributed by atoms with van der Waals surface area (Å²) in [7, 11) is 0. The quantitative estimate of drug-likeness (QED) is 0.428. The summed E-state index contributed by atoms with van der Waals surface area (Å²) >= 11 is 0. The summed E-state index contributed by atoms with van der Waals surface area (Å²) in [6.45, 7) is 12.9. The number of nitrogens with zero attached hydrogens (tertiary/aromatic N) is 2. The van der Waals surface area contributed by atoms with Crippen molar-refractivity contribution < 1.29 is 14.3 Å². The van der Waals surface area contributed by atoms with Crippen LogP contribution in [0.2, 0.25) is 0 Å². The Morgan fingerprint density at radius 1 is 1.20 bits per heavy atom. The molecule has 0 unspecified atom stereocenters. The standard InChI is InChI=1S/C15H28N2O3/c1-5-11-16(13-15(19)20-8-4)12-9-10-14(18)17(6-2)7-3/h5H,1,6-13H2,2-4H3. The highest BCUT2D eigenvalue weighted by Gasteiger charge is 2.13. The van der Waals surface area contributed by atoms with Gasteiger partial charge >= 0.3 is 5.97 Å². The molecule has 5 nitrogen and oxygen atoms in total. The van der Waals surface area contributed by atoms with Gasteiger partial charge in [0.15, 0.2) is 0 Å². The molecule has 0 saturated carbocycles. The number of rotatable bonds is 11. The van der Waals surface area contributed by atoms with E-state index in [0.29, 0.717) is 26.1 Å². The van der Waals surface area contributed by atoms with Crippen LogP contribution in [-0.2, 0) is 14.3 Å². The Labute approximate surface area is 122 Å². The fourth-order valence-corrected chi connectivity index (χ4v) is 1.99. The first-order valence-corrected chi connectivity index (χ1v) is 7.35. The van der Waals surface area contributed by atoms with Gasteiger partial charge in [-0.3, -0.25) is 14.5 Å². The van der Waals surface area contributed by atoms with Crippen molar-refractivity contribution in [3.63, 3.8) is 0 Å². The van der Waals surface area contributed by atoms with E-state index < -0.39 is 0 Å². The number of amides is 1. The smallest absolute Gasteiger partial charge is 0.320 e. The van der Waals surface area contributed by atoms with Gasteiger partial charge in [-0.1, -0.05) is 6.08 Å². The number of ether oxygens (including phenoxy) is 1. The van der Waals surface area contributed by atoms with E-state index in [-0.39, 0.29) is 18.4 Å². The highest BCUT2D eigenvalue weighted by molar-refractivity contribution is 5.76. The first-order chi connectivity index (χ1) is 9.58. The van der Waals surface area contributed by atoms with Crippen molar-refractivity contribution in [2.24, 2.45) is 0 Å². The highest BCUT2D eigenvalue weighted by Crippen LogP contribution is 2.01. The Morgan fingerprint density at radius 2 is 1.85 bits per heavy atom. The van der Waals surface area contributed by atoms with Crippen LogP contribution in [-0.4, -0.2) is 61.0 Å². The summed E-state index contributed by atoms with van der Waals surface area (Å²) < 4.78 is 4.93. The number of esters is 1. The molecule has 0 aliphatic carbocycles. The third-order valence-corrected chi connectivity index (χ3v) is 3.03. The Balaban J connectivity index is 4.11. The zero-order chi connectivity index (χ0) is 15.4. The molecule has 0 aliphatic rings. The zero-order valence-electron chi connectivity index (χ0n) is 13.1. The molecule has 1 amide bonds. The van der Waals surface area contributed by atoms with Crippen LogP contribution in [0.15, 0.2) is 12.7 Å². The first kappa shape index (κ1) is 18.6. The van der Waals surface area contributed by atoms with E-state index in [1.54, 1.807) is 13.0 Å². The van der Waals surface area contributed by atoms with Gasteiger partial charge in [0.1, 0.15) is 0 Å². The Bertz CT molecular complexity index is 301. The molecule has 0 fully saturated rings. The number of carbonyl (C=O) groups is 2. The van der Waals surface area contributed by atoms with E-state index in [0.717, 1.165) is 19.5 Å². The maximum Gasteiger partial charge on any atom is 0.320 e. The molecule has 0 spiro atoms. The third-order valence-electron chi connectivity index (χ3n) is 3.03. The van der Waals surface area contributed by atoms with Gasteiger partial charge in [0.05, 0.1) is 13.2 Å². The van der Waals surface area contributed by atoms with Crippen LogP contribution in [0.4, 0.5) is 0 Å². The largest absolute Gasteiger partial charge is 0.465 e. The van der Waals surface area contributed by atoms with Gasteiger partial charge < -0.3 is 9.64 Å². The molecule has 0 bridgehead atoms. The van der Waals surface area contributed by atoms with Crippen molar-refractivity contribution in [2.45, 2.75) is 33.6 Å². The molecule has 0 rings (SSSR count). The van der Waals surface area contributed by atoms with Crippen LogP contribution in [0.25, 0.3) is 0 Å². The fourth-order valence-electron chi connectivity index (χ4n) is 1.99. The minimum Gasteiger partial charge on any atom is -0.465 e. The van der Waals surface area contributed by atoms with Gasteiger partial charge in [-0.25, -0.2) is 0 Å². The van der Waals surface area contributed by atoms with Gasteiger partial charge in [-0.05, 0) is 33.7 Å². The normalized spacial score (nSPS) is 10.4. The van der Waals surface area contributed by atoms with Crippen LogP contribution >= 0.6 is 0 Å². The average molecular weight is 284 g/mol. The molecule has 0 N–H and O–H groups in total. The fraction of sp³-hybridized carbons (Fsp3) is 0.733. The Morgan fingerprint density at radius 3 is 2.35 bits per heavy atom. The van der Waals surface area contributed by atoms with Crippen LogP contribution in [0, 0.1) is 0 Å². The van der Waals surface area contributed by atoms with Gasteiger partial charge in [-0.15, -0.1) is 6.58 Å². The third kappa shape index (κ3) is 7.94. The first-order valence-electron chi connectivity index (χ1n) is 7.35. The van der Waals surface area contributed by atoms with Crippen molar-refractivity contribution >= 4 is 11.9 Å². The minimum atomic E-state index is -0.232. The second-order valence-electron chi connectivity index (χ2n) is 4.50. The summed E-state index contributed by atoms with van der Waals surface area (Å²) in [5.41, 5.74) is 0. The van der Waals surface area contributed by atoms with Gasteiger partial charge in [0.25, 0.3) is 0 Å². The Hall–Kier alpha value is -1.36. The summed E-state index contributed by atoms with van der Waals surface area (Å²) in [6.07, 6.45) is 3.01. The van der Waals surface area contributed by atoms with Gasteiger partial charge in [0.2, 0.25) is 5.91 Å². The van der Waals surface area contributed by atoms with Crippen molar-refractivity contribution in [2.75, 3.05) is 39.3 Å². The second-order valence-corrected chi connectivity index (χ2v) is 4.50. The Kier molecular flexibility index (Phi) is 10.7.